The number of carbonyl (C=O) groups is 2. The molecule has 0 saturated carbocycles. The number of hydrogen-bond donors (Lipinski definition) is 2. The fourth-order valence-corrected chi connectivity index (χ4v) is 3.26. The van der Waals surface area contributed by atoms with Crippen LogP contribution < -0.4 is 10.6 Å². The van der Waals surface area contributed by atoms with Crippen LogP contribution in [-0.2, 0) is 9.59 Å². The largest absolute Gasteiger partial charge is 0.353 e. The van der Waals surface area contributed by atoms with Gasteiger partial charge in [-0.2, -0.15) is 0 Å². The lowest BCUT2D eigenvalue weighted by molar-refractivity contribution is -0.126. The first-order valence-electron chi connectivity index (χ1n) is 9.79. The maximum absolute atomic E-state index is 12.1. The Bertz CT molecular complexity index is 577. The van der Waals surface area contributed by atoms with E-state index >= 15 is 0 Å². The molecule has 0 aliphatic carbocycles. The van der Waals surface area contributed by atoms with Crippen molar-refractivity contribution in [1.29, 1.82) is 0 Å². The predicted molar refractivity (Wildman–Crippen MR) is 105 cm³/mol. The lowest BCUT2D eigenvalue weighted by atomic mass is 10.0. The third kappa shape index (κ3) is 6.79. The Labute approximate surface area is 157 Å². The summed E-state index contributed by atoms with van der Waals surface area (Å²) in [5.74, 6) is 0.313. The third-order valence-electron chi connectivity index (χ3n) is 4.93. The first-order valence-corrected chi connectivity index (χ1v) is 9.79. The maximum atomic E-state index is 12.1. The molecule has 1 fully saturated rings. The highest BCUT2D eigenvalue weighted by molar-refractivity contribution is 5.84. The minimum Gasteiger partial charge on any atom is -0.353 e. The van der Waals surface area contributed by atoms with E-state index in [1.54, 1.807) is 0 Å². The van der Waals surface area contributed by atoms with Crippen LogP contribution in [0.5, 0.6) is 0 Å². The van der Waals surface area contributed by atoms with Gasteiger partial charge in [-0.3, -0.25) is 14.5 Å². The van der Waals surface area contributed by atoms with E-state index in [4.69, 9.17) is 0 Å². The summed E-state index contributed by atoms with van der Waals surface area (Å²) in [4.78, 5) is 26.3. The molecule has 1 aromatic rings. The molecule has 0 bridgehead atoms. The average molecular weight is 360 g/mol. The number of nitrogens with one attached hydrogen (secondary N) is 2. The quantitative estimate of drug-likeness (QED) is 0.713. The summed E-state index contributed by atoms with van der Waals surface area (Å²) in [6.07, 6.45) is 3.74. The molecule has 1 aliphatic heterocycles. The van der Waals surface area contributed by atoms with Gasteiger partial charge in [0.05, 0.1) is 12.6 Å². The van der Waals surface area contributed by atoms with Crippen LogP contribution in [0, 0.1) is 12.8 Å². The van der Waals surface area contributed by atoms with E-state index in [1.807, 2.05) is 0 Å². The number of amides is 2. The van der Waals surface area contributed by atoms with Gasteiger partial charge in [0.2, 0.25) is 11.8 Å². The van der Waals surface area contributed by atoms with Gasteiger partial charge in [0, 0.05) is 13.0 Å². The summed E-state index contributed by atoms with van der Waals surface area (Å²) in [6.45, 7) is 9.02. The zero-order chi connectivity index (χ0) is 18.9. The Morgan fingerprint density at radius 2 is 1.69 bits per heavy atom. The smallest absolute Gasteiger partial charge is 0.239 e. The van der Waals surface area contributed by atoms with Crippen molar-refractivity contribution in [3.8, 4) is 0 Å². The van der Waals surface area contributed by atoms with Crippen molar-refractivity contribution < 1.29 is 9.59 Å². The topological polar surface area (TPSA) is 61.4 Å². The highest BCUT2D eigenvalue weighted by Gasteiger charge is 2.23. The molecule has 2 N–H and O–H groups in total. The molecule has 1 atom stereocenters. The third-order valence-corrected chi connectivity index (χ3v) is 4.93. The van der Waals surface area contributed by atoms with E-state index in [2.05, 4.69) is 60.6 Å². The van der Waals surface area contributed by atoms with Crippen molar-refractivity contribution in [1.82, 2.24) is 15.5 Å². The Hall–Kier alpha value is -1.88. The molecular weight excluding hydrogens is 326 g/mol. The maximum Gasteiger partial charge on any atom is 0.239 e. The Morgan fingerprint density at radius 3 is 2.31 bits per heavy atom. The highest BCUT2D eigenvalue weighted by Crippen LogP contribution is 2.24. The van der Waals surface area contributed by atoms with Gasteiger partial charge in [-0.05, 0) is 50.8 Å². The van der Waals surface area contributed by atoms with E-state index in [1.165, 1.54) is 24.0 Å². The summed E-state index contributed by atoms with van der Waals surface area (Å²) in [7, 11) is 0. The highest BCUT2D eigenvalue weighted by atomic mass is 16.2. The van der Waals surface area contributed by atoms with E-state index < -0.39 is 0 Å². The normalized spacial score (nSPS) is 15.8. The van der Waals surface area contributed by atoms with Gasteiger partial charge in [0.1, 0.15) is 0 Å². The number of nitrogens with zero attached hydrogens (tertiary/aromatic N) is 1. The number of likely N-dealkylation sites (tertiary alicyclic amines) is 1. The Balaban J connectivity index is 1.83. The number of carbonyl (C=O) groups excluding carboxylic acids is 2. The zero-order valence-electron chi connectivity index (χ0n) is 16.4. The summed E-state index contributed by atoms with van der Waals surface area (Å²) < 4.78 is 0. The Kier molecular flexibility index (Phi) is 8.10. The molecule has 5 heteroatoms. The SMILES string of the molecule is Cc1ccc(C(CNC(=O)CNC(=O)CCC(C)C)N2CCCC2)cc1. The first kappa shape index (κ1) is 20.4. The number of aryl methyl sites for hydroxylation is 1. The van der Waals surface area contributed by atoms with Gasteiger partial charge in [0.25, 0.3) is 0 Å². The Morgan fingerprint density at radius 1 is 1.04 bits per heavy atom. The molecule has 0 aromatic heterocycles. The van der Waals surface area contributed by atoms with E-state index in [0.29, 0.717) is 18.9 Å². The van der Waals surface area contributed by atoms with Gasteiger partial charge in [-0.1, -0.05) is 43.7 Å². The number of rotatable bonds is 9. The minimum atomic E-state index is -0.126. The average Bonchev–Trinajstić information content (AvgIpc) is 3.14. The van der Waals surface area contributed by atoms with Crippen LogP contribution in [0.3, 0.4) is 0 Å². The summed E-state index contributed by atoms with van der Waals surface area (Å²) >= 11 is 0. The number of hydrogen-bond acceptors (Lipinski definition) is 3. The van der Waals surface area contributed by atoms with E-state index in [-0.39, 0.29) is 24.4 Å². The molecule has 1 aromatic carbocycles. The van der Waals surface area contributed by atoms with E-state index in [9.17, 15) is 9.59 Å². The molecule has 1 aliphatic rings. The minimum absolute atomic E-state index is 0.0523. The van der Waals surface area contributed by atoms with Crippen LogP contribution in [0.15, 0.2) is 24.3 Å². The second kappa shape index (κ2) is 10.3. The van der Waals surface area contributed by atoms with Crippen LogP contribution >= 0.6 is 0 Å². The summed E-state index contributed by atoms with van der Waals surface area (Å²) in [6, 6.07) is 8.74. The molecule has 144 valence electrons. The molecule has 1 saturated heterocycles. The van der Waals surface area contributed by atoms with Crippen LogP contribution in [0.2, 0.25) is 0 Å². The lowest BCUT2D eigenvalue weighted by Gasteiger charge is -2.28. The van der Waals surface area contributed by atoms with Gasteiger partial charge < -0.3 is 10.6 Å². The number of benzene rings is 1. The van der Waals surface area contributed by atoms with Crippen molar-refractivity contribution in [2.24, 2.45) is 5.92 Å². The van der Waals surface area contributed by atoms with Crippen molar-refractivity contribution >= 4 is 11.8 Å². The summed E-state index contributed by atoms with van der Waals surface area (Å²) in [5, 5.41) is 5.71. The zero-order valence-corrected chi connectivity index (χ0v) is 16.4. The van der Waals surface area contributed by atoms with Gasteiger partial charge in [0.15, 0.2) is 0 Å². The molecule has 0 radical (unpaired) electrons. The second-order valence-electron chi connectivity index (χ2n) is 7.68. The molecule has 1 unspecified atom stereocenters. The summed E-state index contributed by atoms with van der Waals surface area (Å²) in [5.41, 5.74) is 2.47. The van der Waals surface area contributed by atoms with Crippen LogP contribution in [0.4, 0.5) is 0 Å². The monoisotopic (exact) mass is 359 g/mol. The fourth-order valence-electron chi connectivity index (χ4n) is 3.26. The van der Waals surface area contributed by atoms with Crippen molar-refractivity contribution in [2.45, 2.75) is 52.5 Å². The van der Waals surface area contributed by atoms with Crippen molar-refractivity contribution in [3.63, 3.8) is 0 Å². The molecule has 1 heterocycles. The van der Waals surface area contributed by atoms with Crippen LogP contribution in [-0.4, -0.2) is 42.9 Å². The fraction of sp³-hybridized carbons (Fsp3) is 0.619. The second-order valence-corrected chi connectivity index (χ2v) is 7.68. The van der Waals surface area contributed by atoms with Gasteiger partial charge >= 0.3 is 0 Å². The van der Waals surface area contributed by atoms with Crippen molar-refractivity contribution in [3.05, 3.63) is 35.4 Å². The first-order chi connectivity index (χ1) is 12.5. The molecular formula is C21H33N3O2. The molecule has 26 heavy (non-hydrogen) atoms. The molecule has 5 nitrogen and oxygen atoms in total. The standard InChI is InChI=1S/C21H33N3O2/c1-16(2)6-11-20(25)23-15-21(26)22-14-19(24-12-4-5-13-24)18-9-7-17(3)8-10-18/h7-10,16,19H,4-6,11-15H2,1-3H3,(H,22,26)(H,23,25). The van der Waals surface area contributed by atoms with E-state index in [0.717, 1.165) is 19.5 Å². The van der Waals surface area contributed by atoms with Crippen LogP contribution in [0.25, 0.3) is 0 Å². The molecule has 2 amide bonds. The van der Waals surface area contributed by atoms with Crippen LogP contribution in [0.1, 0.15) is 56.7 Å². The van der Waals surface area contributed by atoms with Crippen molar-refractivity contribution in [2.75, 3.05) is 26.2 Å². The lowest BCUT2D eigenvalue weighted by Crippen LogP contribution is -2.41. The van der Waals surface area contributed by atoms with Gasteiger partial charge in [-0.15, -0.1) is 0 Å². The predicted octanol–water partition coefficient (Wildman–Crippen LogP) is 2.80. The molecule has 2 rings (SSSR count). The van der Waals surface area contributed by atoms with Gasteiger partial charge in [-0.25, -0.2) is 0 Å². The molecule has 0 spiro atoms.